The lowest BCUT2D eigenvalue weighted by atomic mass is 10.1. The Morgan fingerprint density at radius 1 is 1.55 bits per heavy atom. The van der Waals surface area contributed by atoms with Crippen LogP contribution in [0.2, 0.25) is 0 Å². The van der Waals surface area contributed by atoms with Crippen molar-refractivity contribution < 1.29 is 17.9 Å². The van der Waals surface area contributed by atoms with Gasteiger partial charge in [0, 0.05) is 19.9 Å². The molecule has 1 aliphatic rings. The molecule has 124 valence electrons. The van der Waals surface area contributed by atoms with E-state index in [1.807, 2.05) is 0 Å². The van der Waals surface area contributed by atoms with E-state index < -0.39 is 15.9 Å². The van der Waals surface area contributed by atoms with Gasteiger partial charge in [-0.05, 0) is 19.3 Å². The van der Waals surface area contributed by atoms with Gasteiger partial charge in [-0.25, -0.2) is 8.42 Å². The number of likely N-dealkylation sites (N-methyl/N-ethyl adjacent to an activating group) is 1. The number of rotatable bonds is 6. The molecule has 0 spiro atoms. The molecule has 1 aromatic heterocycles. The van der Waals surface area contributed by atoms with Gasteiger partial charge in [-0.3, -0.25) is 9.48 Å². The van der Waals surface area contributed by atoms with Crippen molar-refractivity contribution in [1.82, 2.24) is 14.1 Å². The van der Waals surface area contributed by atoms with E-state index in [0.29, 0.717) is 12.2 Å². The van der Waals surface area contributed by atoms with Crippen molar-refractivity contribution in [1.29, 1.82) is 0 Å². The number of carbonyl (C=O) groups is 1. The second-order valence-corrected chi connectivity index (χ2v) is 7.60. The minimum absolute atomic E-state index is 0.161. The van der Waals surface area contributed by atoms with Crippen LogP contribution in [0.25, 0.3) is 0 Å². The zero-order valence-corrected chi connectivity index (χ0v) is 13.7. The highest BCUT2D eigenvalue weighted by Gasteiger charge is 2.17. The number of hydrogen-bond donors (Lipinski definition) is 1. The number of nitrogens with zero attached hydrogens (tertiary/aromatic N) is 3. The number of sulfonamides is 1. The maximum absolute atomic E-state index is 11.8. The van der Waals surface area contributed by atoms with Gasteiger partial charge in [-0.15, -0.1) is 0 Å². The van der Waals surface area contributed by atoms with Crippen molar-refractivity contribution in [3.8, 4) is 0 Å². The maximum Gasteiger partial charge on any atom is 0.239 e. The van der Waals surface area contributed by atoms with Crippen LogP contribution in [0.5, 0.6) is 0 Å². The van der Waals surface area contributed by atoms with E-state index in [-0.39, 0.29) is 12.6 Å². The van der Waals surface area contributed by atoms with Crippen molar-refractivity contribution in [2.24, 2.45) is 0 Å². The second-order valence-electron chi connectivity index (χ2n) is 5.51. The number of anilines is 1. The summed E-state index contributed by atoms with van der Waals surface area (Å²) in [5, 5.41) is 6.81. The molecule has 2 rings (SSSR count). The quantitative estimate of drug-likeness (QED) is 0.809. The Bertz CT molecular complexity index is 607. The third kappa shape index (κ3) is 5.08. The second kappa shape index (κ2) is 7.21. The monoisotopic (exact) mass is 330 g/mol. The fourth-order valence-electron chi connectivity index (χ4n) is 2.21. The first-order chi connectivity index (χ1) is 10.3. The molecule has 1 N–H and O–H groups in total. The molecule has 1 aliphatic heterocycles. The number of ether oxygens (including phenoxy) is 1. The van der Waals surface area contributed by atoms with Crippen LogP contribution in [-0.2, 0) is 26.1 Å². The average molecular weight is 330 g/mol. The van der Waals surface area contributed by atoms with Crippen LogP contribution >= 0.6 is 0 Å². The third-order valence-corrected chi connectivity index (χ3v) is 4.78. The third-order valence-electron chi connectivity index (χ3n) is 3.51. The largest absolute Gasteiger partial charge is 0.376 e. The van der Waals surface area contributed by atoms with E-state index in [1.54, 1.807) is 17.1 Å². The lowest BCUT2D eigenvalue weighted by Gasteiger charge is -2.22. The molecule has 1 atom stereocenters. The molecule has 1 fully saturated rings. The molecule has 2 heterocycles. The van der Waals surface area contributed by atoms with Gasteiger partial charge >= 0.3 is 0 Å². The molecule has 1 saturated heterocycles. The molecule has 0 unspecified atom stereocenters. The van der Waals surface area contributed by atoms with Gasteiger partial charge in [0.05, 0.1) is 37.3 Å². The topological polar surface area (TPSA) is 93.5 Å². The summed E-state index contributed by atoms with van der Waals surface area (Å²) in [6, 6.07) is 0. The summed E-state index contributed by atoms with van der Waals surface area (Å²) in [5.74, 6) is -0.401. The smallest absolute Gasteiger partial charge is 0.239 e. The minimum Gasteiger partial charge on any atom is -0.376 e. The highest BCUT2D eigenvalue weighted by molar-refractivity contribution is 7.88. The van der Waals surface area contributed by atoms with Gasteiger partial charge < -0.3 is 10.1 Å². The number of amides is 1. The summed E-state index contributed by atoms with van der Waals surface area (Å²) in [5.41, 5.74) is 0.544. The number of hydrogen-bond acceptors (Lipinski definition) is 5. The lowest BCUT2D eigenvalue weighted by Crippen LogP contribution is -2.34. The van der Waals surface area contributed by atoms with Crippen LogP contribution < -0.4 is 5.32 Å². The van der Waals surface area contributed by atoms with Crippen LogP contribution in [0.3, 0.4) is 0 Å². The minimum atomic E-state index is -3.37. The average Bonchev–Trinajstić information content (AvgIpc) is 2.85. The normalized spacial score (nSPS) is 19.3. The highest BCUT2D eigenvalue weighted by atomic mass is 32.2. The lowest BCUT2D eigenvalue weighted by molar-refractivity contribution is -0.116. The molecule has 8 nitrogen and oxygen atoms in total. The van der Waals surface area contributed by atoms with Crippen molar-refractivity contribution in [3.63, 3.8) is 0 Å². The Labute approximate surface area is 130 Å². The van der Waals surface area contributed by atoms with E-state index in [4.69, 9.17) is 4.74 Å². The van der Waals surface area contributed by atoms with E-state index in [0.717, 1.165) is 36.4 Å². The molecule has 22 heavy (non-hydrogen) atoms. The zero-order valence-electron chi connectivity index (χ0n) is 12.9. The summed E-state index contributed by atoms with van der Waals surface area (Å²) < 4.78 is 30.9. The maximum atomic E-state index is 11.8. The molecule has 0 radical (unpaired) electrons. The van der Waals surface area contributed by atoms with Crippen LogP contribution in [0.15, 0.2) is 12.4 Å². The fourth-order valence-corrected chi connectivity index (χ4v) is 2.56. The van der Waals surface area contributed by atoms with Gasteiger partial charge in [0.1, 0.15) is 0 Å². The van der Waals surface area contributed by atoms with E-state index in [2.05, 4.69) is 10.4 Å². The first-order valence-corrected chi connectivity index (χ1v) is 9.04. The molecule has 0 aliphatic carbocycles. The first kappa shape index (κ1) is 16.9. The Balaban J connectivity index is 1.84. The summed E-state index contributed by atoms with van der Waals surface area (Å²) in [7, 11) is -2.01. The van der Waals surface area contributed by atoms with Crippen molar-refractivity contribution in [2.75, 3.05) is 31.8 Å². The van der Waals surface area contributed by atoms with Crippen LogP contribution in [0.1, 0.15) is 19.3 Å². The molecule has 1 aromatic rings. The van der Waals surface area contributed by atoms with Crippen molar-refractivity contribution in [2.45, 2.75) is 31.9 Å². The first-order valence-electron chi connectivity index (χ1n) is 7.20. The summed E-state index contributed by atoms with van der Waals surface area (Å²) in [6.07, 6.45) is 7.76. The van der Waals surface area contributed by atoms with Gasteiger partial charge in [-0.1, -0.05) is 0 Å². The van der Waals surface area contributed by atoms with Gasteiger partial charge in [0.15, 0.2) is 0 Å². The zero-order chi connectivity index (χ0) is 16.2. The van der Waals surface area contributed by atoms with E-state index >= 15 is 0 Å². The molecular formula is C13H22N4O4S. The Morgan fingerprint density at radius 2 is 2.32 bits per heavy atom. The van der Waals surface area contributed by atoms with Gasteiger partial charge in [0.2, 0.25) is 15.9 Å². The summed E-state index contributed by atoms with van der Waals surface area (Å²) in [4.78, 5) is 11.8. The molecule has 1 amide bonds. The Hall–Kier alpha value is -1.45. The molecular weight excluding hydrogens is 308 g/mol. The van der Waals surface area contributed by atoms with Crippen LogP contribution in [-0.4, -0.2) is 61.0 Å². The molecule has 9 heteroatoms. The predicted octanol–water partition coefficient (Wildman–Crippen LogP) is 0.282. The van der Waals surface area contributed by atoms with Crippen LogP contribution in [0, 0.1) is 0 Å². The Morgan fingerprint density at radius 3 is 2.95 bits per heavy atom. The molecule has 0 bridgehead atoms. The van der Waals surface area contributed by atoms with Crippen molar-refractivity contribution >= 4 is 21.6 Å². The Kier molecular flexibility index (Phi) is 5.54. The summed E-state index contributed by atoms with van der Waals surface area (Å²) in [6.45, 7) is 1.21. The molecule has 0 saturated carbocycles. The highest BCUT2D eigenvalue weighted by Crippen LogP contribution is 2.15. The van der Waals surface area contributed by atoms with E-state index in [1.165, 1.54) is 7.05 Å². The van der Waals surface area contributed by atoms with Gasteiger partial charge in [-0.2, -0.15) is 9.40 Å². The summed E-state index contributed by atoms with van der Waals surface area (Å²) >= 11 is 0. The number of nitrogens with one attached hydrogen (secondary N) is 1. The number of aromatic nitrogens is 2. The fraction of sp³-hybridized carbons (Fsp3) is 0.692. The predicted molar refractivity (Wildman–Crippen MR) is 81.9 cm³/mol. The molecule has 0 aromatic carbocycles. The van der Waals surface area contributed by atoms with E-state index in [9.17, 15) is 13.2 Å². The van der Waals surface area contributed by atoms with Crippen LogP contribution in [0.4, 0.5) is 5.69 Å². The van der Waals surface area contributed by atoms with Gasteiger partial charge in [0.25, 0.3) is 0 Å². The SMILES string of the molecule is CN(CC(=O)Nc1cnn(C[C@H]2CCCCO2)c1)S(C)(=O)=O. The standard InChI is InChI=1S/C13H22N4O4S/c1-16(22(2,19)20)10-13(18)15-11-7-14-17(8-11)9-12-5-3-4-6-21-12/h7-8,12H,3-6,9-10H2,1-2H3,(H,15,18)/t12-/m1/s1. The van der Waals surface area contributed by atoms with Crippen molar-refractivity contribution in [3.05, 3.63) is 12.4 Å². The number of carbonyl (C=O) groups excluding carboxylic acids is 1.